The summed E-state index contributed by atoms with van der Waals surface area (Å²) in [6.07, 6.45) is 0. The molecule has 0 radical (unpaired) electrons. The molecule has 1 N–H and O–H groups in total. The van der Waals surface area contributed by atoms with Crippen molar-refractivity contribution in [3.8, 4) is 17.2 Å². The number of hydrogen-bond acceptors (Lipinski definition) is 7. The summed E-state index contributed by atoms with van der Waals surface area (Å²) in [5.74, 6) is 2.19. The second-order valence-electron chi connectivity index (χ2n) is 8.91. The van der Waals surface area contributed by atoms with Gasteiger partial charge in [-0.05, 0) is 47.9 Å². The van der Waals surface area contributed by atoms with Crippen molar-refractivity contribution in [1.29, 1.82) is 0 Å². The Labute approximate surface area is 220 Å². The predicted octanol–water partition coefficient (Wildman–Crippen LogP) is 5.57. The second-order valence-corrected chi connectivity index (χ2v) is 9.86. The van der Waals surface area contributed by atoms with Crippen LogP contribution in [0, 0.1) is 0 Å². The summed E-state index contributed by atoms with van der Waals surface area (Å²) in [7, 11) is 1.66. The molecule has 8 heteroatoms. The van der Waals surface area contributed by atoms with Crippen LogP contribution in [0.4, 0.5) is 0 Å². The van der Waals surface area contributed by atoms with Crippen molar-refractivity contribution in [2.24, 2.45) is 0 Å². The van der Waals surface area contributed by atoms with Gasteiger partial charge in [0.05, 0.1) is 19.7 Å². The third kappa shape index (κ3) is 6.28. The summed E-state index contributed by atoms with van der Waals surface area (Å²) in [6, 6.07) is 23.9. The zero-order valence-electron chi connectivity index (χ0n) is 20.8. The van der Waals surface area contributed by atoms with Gasteiger partial charge in [0.25, 0.3) is 5.91 Å². The number of nitrogens with zero attached hydrogens (tertiary/aromatic N) is 2. The molecular formula is C29H29N3O4S. The molecule has 1 aliphatic rings. The lowest BCUT2D eigenvalue weighted by Crippen LogP contribution is -2.27. The summed E-state index contributed by atoms with van der Waals surface area (Å²) in [5.41, 5.74) is 3.77. The number of methoxy groups -OCH3 is 1. The van der Waals surface area contributed by atoms with Gasteiger partial charge >= 0.3 is 0 Å². The molecule has 2 heterocycles. The zero-order chi connectivity index (χ0) is 25.6. The number of ether oxygens (including phenoxy) is 3. The first kappa shape index (κ1) is 24.8. The van der Waals surface area contributed by atoms with Gasteiger partial charge in [0.15, 0.2) is 11.5 Å². The van der Waals surface area contributed by atoms with E-state index in [4.69, 9.17) is 14.2 Å². The Morgan fingerprint density at radius 3 is 2.51 bits per heavy atom. The molecule has 1 aromatic heterocycles. The molecule has 1 atom stereocenters. The van der Waals surface area contributed by atoms with Crippen molar-refractivity contribution in [2.75, 3.05) is 13.9 Å². The van der Waals surface area contributed by atoms with E-state index in [1.807, 2.05) is 66.9 Å². The average Bonchev–Trinajstić information content (AvgIpc) is 3.59. The molecule has 3 aromatic carbocycles. The minimum absolute atomic E-state index is 0.101. The molecule has 0 bridgehead atoms. The molecule has 7 nitrogen and oxygen atoms in total. The van der Waals surface area contributed by atoms with Crippen molar-refractivity contribution in [3.05, 3.63) is 106 Å². The number of fused-ring (bicyclic) bond motifs is 1. The van der Waals surface area contributed by atoms with E-state index in [0.717, 1.165) is 38.9 Å². The van der Waals surface area contributed by atoms with Gasteiger partial charge in [-0.3, -0.25) is 9.69 Å². The smallest absolute Gasteiger partial charge is 0.271 e. The summed E-state index contributed by atoms with van der Waals surface area (Å²) in [4.78, 5) is 19.8. The van der Waals surface area contributed by atoms with Crippen molar-refractivity contribution >= 4 is 17.2 Å². The van der Waals surface area contributed by atoms with E-state index in [-0.39, 0.29) is 18.7 Å². The molecule has 37 heavy (non-hydrogen) atoms. The number of carbonyl (C=O) groups is 1. The Balaban J connectivity index is 1.29. The predicted molar refractivity (Wildman–Crippen MR) is 143 cm³/mol. The third-order valence-electron chi connectivity index (χ3n) is 6.20. The SMILES string of the molecule is COc1ccc(CN(Cc2ccc3c(c2)OCO3)Cc2nc(C(=O)NC(C)c3ccccc3)cs2)cc1. The Kier molecular flexibility index (Phi) is 7.67. The topological polar surface area (TPSA) is 72.9 Å². The number of carbonyl (C=O) groups excluding carboxylic acids is 1. The van der Waals surface area contributed by atoms with E-state index < -0.39 is 0 Å². The van der Waals surface area contributed by atoms with E-state index in [9.17, 15) is 4.79 Å². The van der Waals surface area contributed by atoms with Crippen LogP contribution in [0.25, 0.3) is 0 Å². The van der Waals surface area contributed by atoms with E-state index in [1.165, 1.54) is 11.3 Å². The first-order valence-electron chi connectivity index (χ1n) is 12.1. The molecule has 1 unspecified atom stereocenters. The van der Waals surface area contributed by atoms with Crippen molar-refractivity contribution in [3.63, 3.8) is 0 Å². The van der Waals surface area contributed by atoms with Crippen LogP contribution in [0.5, 0.6) is 17.2 Å². The lowest BCUT2D eigenvalue weighted by atomic mass is 10.1. The minimum atomic E-state index is -0.170. The standard InChI is InChI=1S/C29H29N3O4S/c1-20(23-6-4-3-5-7-23)30-29(33)25-18-37-28(31-25)17-32(15-21-8-11-24(34-2)12-9-21)16-22-10-13-26-27(14-22)36-19-35-26/h3-14,18,20H,15-17,19H2,1-2H3,(H,30,33). The van der Waals surface area contributed by atoms with Crippen LogP contribution in [-0.4, -0.2) is 29.7 Å². The van der Waals surface area contributed by atoms with E-state index in [1.54, 1.807) is 7.11 Å². The number of nitrogens with one attached hydrogen (secondary N) is 1. The Morgan fingerprint density at radius 2 is 1.73 bits per heavy atom. The van der Waals surface area contributed by atoms with Gasteiger partial charge in [-0.2, -0.15) is 0 Å². The van der Waals surface area contributed by atoms with Crippen LogP contribution in [0.3, 0.4) is 0 Å². The van der Waals surface area contributed by atoms with E-state index >= 15 is 0 Å². The maximum Gasteiger partial charge on any atom is 0.271 e. The fourth-order valence-corrected chi connectivity index (χ4v) is 5.04. The fraction of sp³-hybridized carbons (Fsp3) is 0.241. The quantitative estimate of drug-likeness (QED) is 0.298. The lowest BCUT2D eigenvalue weighted by molar-refractivity contribution is 0.0935. The molecule has 0 saturated heterocycles. The summed E-state index contributed by atoms with van der Waals surface area (Å²) >= 11 is 1.50. The van der Waals surface area contributed by atoms with E-state index in [2.05, 4.69) is 33.4 Å². The van der Waals surface area contributed by atoms with Gasteiger partial charge in [0.1, 0.15) is 16.5 Å². The minimum Gasteiger partial charge on any atom is -0.497 e. The highest BCUT2D eigenvalue weighted by molar-refractivity contribution is 7.09. The highest BCUT2D eigenvalue weighted by atomic mass is 32.1. The summed E-state index contributed by atoms with van der Waals surface area (Å²) in [6.45, 7) is 4.23. The lowest BCUT2D eigenvalue weighted by Gasteiger charge is -2.22. The van der Waals surface area contributed by atoms with Gasteiger partial charge in [-0.1, -0.05) is 48.5 Å². The normalized spacial score (nSPS) is 12.9. The fourth-order valence-electron chi connectivity index (χ4n) is 4.23. The Hall–Kier alpha value is -3.88. The van der Waals surface area contributed by atoms with Crippen LogP contribution in [0.15, 0.2) is 78.2 Å². The molecule has 190 valence electrons. The molecule has 1 aliphatic heterocycles. The van der Waals surface area contributed by atoms with Gasteiger partial charge in [-0.15, -0.1) is 11.3 Å². The molecule has 5 rings (SSSR count). The Morgan fingerprint density at radius 1 is 1.00 bits per heavy atom. The highest BCUT2D eigenvalue weighted by Gasteiger charge is 2.18. The molecule has 0 spiro atoms. The molecule has 1 amide bonds. The molecule has 0 fully saturated rings. The first-order chi connectivity index (χ1) is 18.1. The monoisotopic (exact) mass is 515 g/mol. The number of rotatable bonds is 10. The summed E-state index contributed by atoms with van der Waals surface area (Å²) in [5, 5.41) is 5.76. The van der Waals surface area contributed by atoms with Gasteiger partial charge in [-0.25, -0.2) is 4.98 Å². The highest BCUT2D eigenvalue weighted by Crippen LogP contribution is 2.33. The molecule has 0 saturated carbocycles. The number of amides is 1. The largest absolute Gasteiger partial charge is 0.497 e. The molecular weight excluding hydrogens is 486 g/mol. The van der Waals surface area contributed by atoms with Crippen LogP contribution in [0.1, 0.15) is 45.2 Å². The Bertz CT molecular complexity index is 1340. The van der Waals surface area contributed by atoms with Crippen LogP contribution < -0.4 is 19.5 Å². The van der Waals surface area contributed by atoms with Gasteiger partial charge in [0, 0.05) is 18.5 Å². The number of hydrogen-bond donors (Lipinski definition) is 1. The van der Waals surface area contributed by atoms with Crippen LogP contribution in [0.2, 0.25) is 0 Å². The van der Waals surface area contributed by atoms with Crippen molar-refractivity contribution in [1.82, 2.24) is 15.2 Å². The number of thiazole rings is 1. The maximum absolute atomic E-state index is 12.9. The van der Waals surface area contributed by atoms with Crippen LogP contribution >= 0.6 is 11.3 Å². The average molecular weight is 516 g/mol. The number of benzene rings is 3. The maximum atomic E-state index is 12.9. The summed E-state index contributed by atoms with van der Waals surface area (Å²) < 4.78 is 16.3. The van der Waals surface area contributed by atoms with E-state index in [0.29, 0.717) is 25.3 Å². The van der Waals surface area contributed by atoms with Crippen LogP contribution in [-0.2, 0) is 19.6 Å². The first-order valence-corrected chi connectivity index (χ1v) is 13.0. The zero-order valence-corrected chi connectivity index (χ0v) is 21.7. The van der Waals surface area contributed by atoms with Crippen molar-refractivity contribution in [2.45, 2.75) is 32.6 Å². The second kappa shape index (κ2) is 11.5. The molecule has 4 aromatic rings. The van der Waals surface area contributed by atoms with Gasteiger partial charge < -0.3 is 19.5 Å². The van der Waals surface area contributed by atoms with Crippen molar-refractivity contribution < 1.29 is 19.0 Å². The van der Waals surface area contributed by atoms with Gasteiger partial charge in [0.2, 0.25) is 6.79 Å². The third-order valence-corrected chi connectivity index (χ3v) is 7.03. The number of aromatic nitrogens is 1. The molecule has 0 aliphatic carbocycles.